The van der Waals surface area contributed by atoms with Crippen molar-refractivity contribution in [1.82, 2.24) is 15.2 Å². The van der Waals surface area contributed by atoms with E-state index in [1.54, 1.807) is 0 Å². The average Bonchev–Trinajstić information content (AvgIpc) is 3.24. The summed E-state index contributed by atoms with van der Waals surface area (Å²) in [7, 11) is 0. The van der Waals surface area contributed by atoms with Crippen LogP contribution < -0.4 is 5.32 Å². The highest BCUT2D eigenvalue weighted by molar-refractivity contribution is 7.99. The highest BCUT2D eigenvalue weighted by Gasteiger charge is 2.30. The van der Waals surface area contributed by atoms with Crippen LogP contribution in [0.4, 0.5) is 18.9 Å². The van der Waals surface area contributed by atoms with Crippen molar-refractivity contribution in [3.05, 3.63) is 47.3 Å². The van der Waals surface area contributed by atoms with Crippen LogP contribution in [0.25, 0.3) is 10.7 Å². The molecule has 0 aliphatic carbocycles. The fourth-order valence-electron chi connectivity index (χ4n) is 1.93. The van der Waals surface area contributed by atoms with E-state index in [-0.39, 0.29) is 11.4 Å². The molecule has 130 valence electrons. The number of carbonyl (C=O) groups is 1. The first-order chi connectivity index (χ1) is 11.9. The number of aromatic amines is 1. The predicted molar refractivity (Wildman–Crippen MR) is 90.5 cm³/mol. The largest absolute Gasteiger partial charge is 0.416 e. The monoisotopic (exact) mass is 384 g/mol. The van der Waals surface area contributed by atoms with E-state index in [1.807, 2.05) is 17.5 Å². The number of rotatable bonds is 5. The van der Waals surface area contributed by atoms with Gasteiger partial charge in [0.05, 0.1) is 16.2 Å². The number of amides is 1. The summed E-state index contributed by atoms with van der Waals surface area (Å²) in [5.41, 5.74) is -0.720. The van der Waals surface area contributed by atoms with Crippen LogP contribution in [-0.4, -0.2) is 26.8 Å². The van der Waals surface area contributed by atoms with Crippen LogP contribution in [0, 0.1) is 0 Å². The van der Waals surface area contributed by atoms with Gasteiger partial charge < -0.3 is 5.32 Å². The Kier molecular flexibility index (Phi) is 5.09. The van der Waals surface area contributed by atoms with Crippen molar-refractivity contribution < 1.29 is 18.0 Å². The Bertz CT molecular complexity index is 862. The molecule has 0 radical (unpaired) electrons. The second-order valence-corrected chi connectivity index (χ2v) is 6.75. The summed E-state index contributed by atoms with van der Waals surface area (Å²) < 4.78 is 38.0. The minimum Gasteiger partial charge on any atom is -0.325 e. The molecule has 0 bridgehead atoms. The van der Waals surface area contributed by atoms with Gasteiger partial charge in [0.25, 0.3) is 0 Å². The average molecular weight is 384 g/mol. The molecule has 0 spiro atoms. The first-order valence-corrected chi connectivity index (χ1v) is 8.84. The zero-order valence-corrected chi connectivity index (χ0v) is 14.1. The van der Waals surface area contributed by atoms with Gasteiger partial charge in [-0.15, -0.1) is 16.4 Å². The molecule has 3 rings (SSSR count). The van der Waals surface area contributed by atoms with Crippen LogP contribution in [-0.2, 0) is 11.0 Å². The molecule has 25 heavy (non-hydrogen) atoms. The van der Waals surface area contributed by atoms with Gasteiger partial charge in [0.15, 0.2) is 5.82 Å². The molecular weight excluding hydrogens is 373 g/mol. The van der Waals surface area contributed by atoms with E-state index in [0.29, 0.717) is 11.0 Å². The number of H-pyrrole nitrogens is 1. The smallest absolute Gasteiger partial charge is 0.325 e. The molecule has 0 saturated carbocycles. The van der Waals surface area contributed by atoms with Crippen molar-refractivity contribution in [2.75, 3.05) is 11.1 Å². The SMILES string of the molecule is O=C(CSc1n[nH]c(-c2cccs2)n1)Nc1cccc(C(F)(F)F)c1. The molecule has 3 aromatic rings. The number of carbonyl (C=O) groups excluding carboxylic acids is 1. The summed E-state index contributed by atoms with van der Waals surface area (Å²) in [6.07, 6.45) is -4.45. The lowest BCUT2D eigenvalue weighted by molar-refractivity contribution is -0.137. The number of hydrogen-bond acceptors (Lipinski definition) is 5. The van der Waals surface area contributed by atoms with Crippen molar-refractivity contribution in [2.24, 2.45) is 0 Å². The predicted octanol–water partition coefficient (Wildman–Crippen LogP) is 4.28. The molecule has 5 nitrogen and oxygen atoms in total. The van der Waals surface area contributed by atoms with Crippen molar-refractivity contribution >= 4 is 34.7 Å². The van der Waals surface area contributed by atoms with Gasteiger partial charge in [-0.2, -0.15) is 13.2 Å². The number of nitrogens with one attached hydrogen (secondary N) is 2. The Hall–Kier alpha value is -2.33. The second-order valence-electron chi connectivity index (χ2n) is 4.86. The number of hydrogen-bond donors (Lipinski definition) is 2. The molecule has 10 heteroatoms. The normalized spacial score (nSPS) is 11.5. The van der Waals surface area contributed by atoms with E-state index in [1.165, 1.54) is 23.5 Å². The summed E-state index contributed by atoms with van der Waals surface area (Å²) in [5, 5.41) is 11.5. The first-order valence-electron chi connectivity index (χ1n) is 6.98. The Morgan fingerprint density at radius 2 is 2.12 bits per heavy atom. The number of alkyl halides is 3. The molecule has 0 saturated heterocycles. The van der Waals surface area contributed by atoms with Gasteiger partial charge in [0.2, 0.25) is 11.1 Å². The minimum atomic E-state index is -4.45. The summed E-state index contributed by atoms with van der Waals surface area (Å²) in [5.74, 6) is 0.153. The molecule has 1 amide bonds. The highest BCUT2D eigenvalue weighted by Crippen LogP contribution is 2.30. The lowest BCUT2D eigenvalue weighted by atomic mass is 10.2. The standard InChI is InChI=1S/C15H11F3N4OS2/c16-15(17,18)9-3-1-4-10(7-9)19-12(23)8-25-14-20-13(21-22-14)11-5-2-6-24-11/h1-7H,8H2,(H,19,23)(H,20,21,22). The summed E-state index contributed by atoms with van der Waals surface area (Å²) >= 11 is 2.60. The Morgan fingerprint density at radius 3 is 2.84 bits per heavy atom. The highest BCUT2D eigenvalue weighted by atomic mass is 32.2. The maximum absolute atomic E-state index is 12.7. The van der Waals surface area contributed by atoms with E-state index in [0.717, 1.165) is 28.8 Å². The van der Waals surface area contributed by atoms with Gasteiger partial charge in [-0.3, -0.25) is 9.89 Å². The maximum atomic E-state index is 12.7. The minimum absolute atomic E-state index is 0.0159. The quantitative estimate of drug-likeness (QED) is 0.644. The van der Waals surface area contributed by atoms with Gasteiger partial charge in [-0.25, -0.2) is 4.98 Å². The van der Waals surface area contributed by atoms with Crippen molar-refractivity contribution in [3.8, 4) is 10.7 Å². The molecular formula is C15H11F3N4OS2. The number of thiophene rings is 1. The lowest BCUT2D eigenvalue weighted by Gasteiger charge is -2.09. The van der Waals surface area contributed by atoms with Crippen LogP contribution in [0.2, 0.25) is 0 Å². The number of benzene rings is 1. The molecule has 0 atom stereocenters. The van der Waals surface area contributed by atoms with Crippen LogP contribution in [0.5, 0.6) is 0 Å². The topological polar surface area (TPSA) is 70.7 Å². The Labute approximate surface area is 148 Å². The molecule has 1 aromatic carbocycles. The van der Waals surface area contributed by atoms with Crippen LogP contribution in [0.1, 0.15) is 5.56 Å². The van der Waals surface area contributed by atoms with E-state index < -0.39 is 17.6 Å². The van der Waals surface area contributed by atoms with E-state index >= 15 is 0 Å². The van der Waals surface area contributed by atoms with E-state index in [4.69, 9.17) is 0 Å². The molecule has 2 heterocycles. The van der Waals surface area contributed by atoms with Crippen LogP contribution in [0.3, 0.4) is 0 Å². The fourth-order valence-corrected chi connectivity index (χ4v) is 3.20. The first kappa shape index (κ1) is 17.5. The summed E-state index contributed by atoms with van der Waals surface area (Å²) in [6, 6.07) is 8.26. The van der Waals surface area contributed by atoms with Crippen molar-refractivity contribution in [2.45, 2.75) is 11.3 Å². The zero-order valence-electron chi connectivity index (χ0n) is 12.5. The Morgan fingerprint density at radius 1 is 1.28 bits per heavy atom. The molecule has 2 aromatic heterocycles. The number of aromatic nitrogens is 3. The summed E-state index contributed by atoms with van der Waals surface area (Å²) in [6.45, 7) is 0. The molecule has 0 unspecified atom stereocenters. The van der Waals surface area contributed by atoms with Crippen LogP contribution in [0.15, 0.2) is 46.9 Å². The Balaban J connectivity index is 1.57. The third kappa shape index (κ3) is 4.60. The summed E-state index contributed by atoms with van der Waals surface area (Å²) in [4.78, 5) is 17.1. The third-order valence-corrected chi connectivity index (χ3v) is 4.75. The van der Waals surface area contributed by atoms with Gasteiger partial charge in [0.1, 0.15) is 0 Å². The molecule has 0 aliphatic heterocycles. The van der Waals surface area contributed by atoms with Crippen molar-refractivity contribution in [3.63, 3.8) is 0 Å². The van der Waals surface area contributed by atoms with E-state index in [2.05, 4.69) is 20.5 Å². The zero-order chi connectivity index (χ0) is 17.9. The molecule has 0 aliphatic rings. The van der Waals surface area contributed by atoms with Crippen LogP contribution >= 0.6 is 23.1 Å². The van der Waals surface area contributed by atoms with Gasteiger partial charge in [-0.1, -0.05) is 23.9 Å². The number of nitrogens with zero attached hydrogens (tertiary/aromatic N) is 2. The van der Waals surface area contributed by atoms with Gasteiger partial charge in [0, 0.05) is 5.69 Å². The van der Waals surface area contributed by atoms with Gasteiger partial charge >= 0.3 is 6.18 Å². The maximum Gasteiger partial charge on any atom is 0.416 e. The third-order valence-electron chi connectivity index (χ3n) is 3.03. The fraction of sp³-hybridized carbons (Fsp3) is 0.133. The lowest BCUT2D eigenvalue weighted by Crippen LogP contribution is -2.15. The molecule has 2 N–H and O–H groups in total. The molecule has 0 fully saturated rings. The van der Waals surface area contributed by atoms with Gasteiger partial charge in [-0.05, 0) is 29.6 Å². The number of thioether (sulfide) groups is 1. The van der Waals surface area contributed by atoms with Crippen molar-refractivity contribution in [1.29, 1.82) is 0 Å². The number of halogens is 3. The number of anilines is 1. The van der Waals surface area contributed by atoms with E-state index in [9.17, 15) is 18.0 Å². The second kappa shape index (κ2) is 7.28.